The fraction of sp³-hybridized carbons (Fsp3) is 0.0769. The van der Waals surface area contributed by atoms with E-state index in [4.69, 9.17) is 0 Å². The first kappa shape index (κ1) is 10.6. The molecule has 0 N–H and O–H groups in total. The molecule has 0 fully saturated rings. The highest BCUT2D eigenvalue weighted by molar-refractivity contribution is 5.14. The first-order valence-electron chi connectivity index (χ1n) is 4.72. The summed E-state index contributed by atoms with van der Waals surface area (Å²) in [6, 6.07) is 15.8. The van der Waals surface area contributed by atoms with Gasteiger partial charge in [-0.15, -0.1) is 0 Å². The molecule has 0 amide bonds. The Kier molecular flexibility index (Phi) is 3.36. The predicted molar refractivity (Wildman–Crippen MR) is 55.0 cm³/mol. The fourth-order valence-electron chi connectivity index (χ4n) is 1.27. The van der Waals surface area contributed by atoms with Crippen LogP contribution in [0.1, 0.15) is 5.56 Å². The standard InChI is InChI=1S/C13H11FI/c1-10-9-12(7-8-13(10)14)15-11-5-3-2-4-6-11/h2-9H,1H3/q+1. The minimum absolute atomic E-state index is 0.115. The minimum atomic E-state index is -0.168. The Morgan fingerprint density at radius 3 is 2.33 bits per heavy atom. The Balaban J connectivity index is 2.22. The van der Waals surface area contributed by atoms with E-state index < -0.39 is 0 Å². The molecule has 0 bridgehead atoms. The molecule has 0 aliphatic rings. The Labute approximate surface area is 99.4 Å². The van der Waals surface area contributed by atoms with Gasteiger partial charge >= 0.3 is 21.2 Å². The number of rotatable bonds is 2. The summed E-state index contributed by atoms with van der Waals surface area (Å²) in [5.41, 5.74) is 0.739. The summed E-state index contributed by atoms with van der Waals surface area (Å²) in [5, 5.41) is 0. The van der Waals surface area contributed by atoms with Crippen LogP contribution >= 0.6 is 0 Å². The van der Waals surface area contributed by atoms with E-state index in [-0.39, 0.29) is 27.0 Å². The topological polar surface area (TPSA) is 0 Å². The monoisotopic (exact) mass is 313 g/mol. The largest absolute Gasteiger partial charge is 0.357 e. The fourth-order valence-corrected chi connectivity index (χ4v) is 3.75. The van der Waals surface area contributed by atoms with Crippen LogP contribution in [-0.2, 0) is 0 Å². The average molecular weight is 313 g/mol. The molecule has 0 aliphatic heterocycles. The van der Waals surface area contributed by atoms with Gasteiger partial charge in [0, 0.05) is 0 Å². The number of halogens is 2. The van der Waals surface area contributed by atoms with Crippen molar-refractivity contribution in [3.63, 3.8) is 0 Å². The molecular weight excluding hydrogens is 302 g/mol. The zero-order valence-corrected chi connectivity index (χ0v) is 10.5. The molecule has 0 spiro atoms. The van der Waals surface area contributed by atoms with Gasteiger partial charge in [0.25, 0.3) is 0 Å². The SMILES string of the molecule is Cc1cc([I+]c2ccccc2)ccc1F. The zero-order chi connectivity index (χ0) is 10.7. The van der Waals surface area contributed by atoms with Gasteiger partial charge in [-0.2, -0.15) is 0 Å². The lowest BCUT2D eigenvalue weighted by atomic mass is 10.2. The van der Waals surface area contributed by atoms with Gasteiger partial charge in [0.15, 0.2) is 7.14 Å². The predicted octanol–water partition coefficient (Wildman–Crippen LogP) is 0.263. The van der Waals surface area contributed by atoms with E-state index in [1.165, 1.54) is 7.14 Å². The van der Waals surface area contributed by atoms with Crippen LogP contribution in [0.15, 0.2) is 48.5 Å². The summed E-state index contributed by atoms with van der Waals surface area (Å²) in [7, 11) is 0. The second-order valence-corrected chi connectivity index (χ2v) is 6.31. The second-order valence-electron chi connectivity index (χ2n) is 3.28. The first-order valence-corrected chi connectivity index (χ1v) is 6.87. The summed E-state index contributed by atoms with van der Waals surface area (Å²) in [4.78, 5) is 0. The Bertz CT molecular complexity index is 451. The van der Waals surface area contributed by atoms with Crippen molar-refractivity contribution < 1.29 is 25.6 Å². The summed E-state index contributed by atoms with van der Waals surface area (Å²) < 4.78 is 15.7. The molecule has 2 heteroatoms. The molecule has 0 aromatic heterocycles. The molecule has 0 saturated heterocycles. The van der Waals surface area contributed by atoms with Crippen LogP contribution in [0.25, 0.3) is 0 Å². The minimum Gasteiger partial charge on any atom is -0.207 e. The summed E-state index contributed by atoms with van der Waals surface area (Å²) in [6.07, 6.45) is 0. The van der Waals surface area contributed by atoms with E-state index in [0.29, 0.717) is 0 Å². The van der Waals surface area contributed by atoms with Crippen molar-refractivity contribution in [3.8, 4) is 0 Å². The second kappa shape index (κ2) is 4.75. The molecule has 2 rings (SSSR count). The van der Waals surface area contributed by atoms with Crippen LogP contribution in [0.3, 0.4) is 0 Å². The van der Waals surface area contributed by atoms with E-state index in [2.05, 4.69) is 12.1 Å². The maximum atomic E-state index is 13.0. The third-order valence-corrected chi connectivity index (χ3v) is 4.71. The lowest BCUT2D eigenvalue weighted by Gasteiger charge is -1.92. The summed E-state index contributed by atoms with van der Waals surface area (Å²) >= 11 is -0.168. The van der Waals surface area contributed by atoms with E-state index in [1.54, 1.807) is 6.07 Å². The number of hydrogen-bond acceptors (Lipinski definition) is 0. The highest BCUT2D eigenvalue weighted by atomic mass is 127. The molecule has 0 unspecified atom stereocenters. The van der Waals surface area contributed by atoms with Gasteiger partial charge in [-0.3, -0.25) is 0 Å². The zero-order valence-electron chi connectivity index (χ0n) is 8.37. The third kappa shape index (κ3) is 2.78. The van der Waals surface area contributed by atoms with Crippen molar-refractivity contribution in [1.82, 2.24) is 0 Å². The van der Waals surface area contributed by atoms with Crippen LogP contribution in [-0.4, -0.2) is 0 Å². The van der Waals surface area contributed by atoms with E-state index in [1.807, 2.05) is 37.3 Å². The van der Waals surface area contributed by atoms with Gasteiger partial charge in [0.2, 0.25) is 0 Å². The van der Waals surface area contributed by atoms with Gasteiger partial charge in [0.1, 0.15) is 5.82 Å². The lowest BCUT2D eigenvalue weighted by Crippen LogP contribution is -3.61. The molecule has 2 aromatic rings. The molecule has 0 aliphatic carbocycles. The van der Waals surface area contributed by atoms with Crippen LogP contribution in [0.5, 0.6) is 0 Å². The number of hydrogen-bond donors (Lipinski definition) is 0. The quantitative estimate of drug-likeness (QED) is 0.698. The molecule has 76 valence electrons. The average Bonchev–Trinajstić information content (AvgIpc) is 2.25. The van der Waals surface area contributed by atoms with Gasteiger partial charge in [-0.1, -0.05) is 18.2 Å². The van der Waals surface area contributed by atoms with Crippen molar-refractivity contribution >= 4 is 0 Å². The molecule has 15 heavy (non-hydrogen) atoms. The highest BCUT2D eigenvalue weighted by Gasteiger charge is 2.15. The summed E-state index contributed by atoms with van der Waals surface area (Å²) in [6.45, 7) is 1.81. The van der Waals surface area contributed by atoms with Crippen LogP contribution < -0.4 is 21.2 Å². The Hall–Kier alpha value is -0.900. The van der Waals surface area contributed by atoms with Gasteiger partial charge in [-0.25, -0.2) is 4.39 Å². The molecule has 0 radical (unpaired) electrons. The Morgan fingerprint density at radius 2 is 1.67 bits per heavy atom. The summed E-state index contributed by atoms with van der Waals surface area (Å²) in [5.74, 6) is -0.115. The molecular formula is C13H11FI+. The van der Waals surface area contributed by atoms with Crippen molar-refractivity contribution in [2.75, 3.05) is 0 Å². The molecule has 0 heterocycles. The maximum absolute atomic E-state index is 13.0. The van der Waals surface area contributed by atoms with E-state index in [0.717, 1.165) is 5.56 Å². The molecule has 0 nitrogen and oxygen atoms in total. The van der Waals surface area contributed by atoms with Crippen LogP contribution in [0.2, 0.25) is 0 Å². The molecule has 0 atom stereocenters. The number of aryl methyl sites for hydroxylation is 1. The van der Waals surface area contributed by atoms with Gasteiger partial charge in [-0.05, 0) is 42.8 Å². The van der Waals surface area contributed by atoms with Crippen LogP contribution in [0.4, 0.5) is 4.39 Å². The van der Waals surface area contributed by atoms with E-state index in [9.17, 15) is 4.39 Å². The van der Waals surface area contributed by atoms with Crippen molar-refractivity contribution in [2.45, 2.75) is 6.92 Å². The van der Waals surface area contributed by atoms with E-state index >= 15 is 0 Å². The Morgan fingerprint density at radius 1 is 0.933 bits per heavy atom. The van der Waals surface area contributed by atoms with Crippen LogP contribution in [0, 0.1) is 19.9 Å². The maximum Gasteiger partial charge on any atom is 0.357 e. The molecule has 0 saturated carbocycles. The van der Waals surface area contributed by atoms with Crippen molar-refractivity contribution in [2.24, 2.45) is 0 Å². The lowest BCUT2D eigenvalue weighted by molar-refractivity contribution is -0.597. The van der Waals surface area contributed by atoms with Crippen molar-refractivity contribution in [1.29, 1.82) is 0 Å². The normalized spacial score (nSPS) is 10.3. The molecule has 2 aromatic carbocycles. The first-order chi connectivity index (χ1) is 7.25. The number of benzene rings is 2. The van der Waals surface area contributed by atoms with Crippen molar-refractivity contribution in [3.05, 3.63) is 67.1 Å². The van der Waals surface area contributed by atoms with Gasteiger partial charge in [0.05, 0.1) is 0 Å². The van der Waals surface area contributed by atoms with Gasteiger partial charge < -0.3 is 0 Å². The highest BCUT2D eigenvalue weighted by Crippen LogP contribution is 2.02. The smallest absolute Gasteiger partial charge is 0.207 e. The third-order valence-electron chi connectivity index (χ3n) is 2.07.